The topological polar surface area (TPSA) is 58.4 Å². The summed E-state index contributed by atoms with van der Waals surface area (Å²) in [4.78, 5) is 8.94. The van der Waals surface area contributed by atoms with Crippen LogP contribution in [-0.2, 0) is 6.42 Å². The van der Waals surface area contributed by atoms with E-state index in [1.807, 2.05) is 18.3 Å². The van der Waals surface area contributed by atoms with E-state index in [2.05, 4.69) is 27.0 Å². The Kier molecular flexibility index (Phi) is 4.45. The molecular formula is C13H11N3OS. The highest BCUT2D eigenvalue weighted by Crippen LogP contribution is 2.09. The zero-order valence-electron chi connectivity index (χ0n) is 9.58. The minimum Gasteiger partial charge on any atom is -0.411 e. The first kappa shape index (κ1) is 12.3. The molecule has 0 bridgehead atoms. The highest BCUT2D eigenvalue weighted by Gasteiger charge is 1.95. The van der Waals surface area contributed by atoms with Crippen LogP contribution in [-0.4, -0.2) is 21.4 Å². The Morgan fingerprint density at radius 3 is 3.17 bits per heavy atom. The van der Waals surface area contributed by atoms with E-state index >= 15 is 0 Å². The number of hydrogen-bond acceptors (Lipinski definition) is 5. The summed E-state index contributed by atoms with van der Waals surface area (Å²) in [5.41, 5.74) is 1.18. The second kappa shape index (κ2) is 6.52. The van der Waals surface area contributed by atoms with E-state index in [0.717, 1.165) is 22.7 Å². The zero-order chi connectivity index (χ0) is 12.6. The van der Waals surface area contributed by atoms with Crippen molar-refractivity contribution < 1.29 is 5.21 Å². The van der Waals surface area contributed by atoms with Gasteiger partial charge in [-0.2, -0.15) is 0 Å². The van der Waals surface area contributed by atoms with E-state index in [1.54, 1.807) is 12.4 Å². The number of aromatic nitrogens is 2. The third-order valence-electron chi connectivity index (χ3n) is 2.17. The summed E-state index contributed by atoms with van der Waals surface area (Å²) in [6.07, 6.45) is 8.25. The molecule has 0 unspecified atom stereocenters. The van der Waals surface area contributed by atoms with E-state index in [-0.39, 0.29) is 0 Å². The molecular weight excluding hydrogens is 246 g/mol. The second-order valence-corrected chi connectivity index (χ2v) is 4.54. The first-order valence-corrected chi connectivity index (χ1v) is 6.21. The molecule has 0 saturated carbocycles. The fourth-order valence-corrected chi connectivity index (χ4v) is 2.01. The predicted molar refractivity (Wildman–Crippen MR) is 70.9 cm³/mol. The molecule has 0 spiro atoms. The van der Waals surface area contributed by atoms with Crippen molar-refractivity contribution in [3.05, 3.63) is 46.2 Å². The van der Waals surface area contributed by atoms with Gasteiger partial charge in [0.25, 0.3) is 0 Å². The molecule has 2 aromatic rings. The van der Waals surface area contributed by atoms with Gasteiger partial charge >= 0.3 is 0 Å². The van der Waals surface area contributed by atoms with Crippen LogP contribution in [0.25, 0.3) is 0 Å². The van der Waals surface area contributed by atoms with E-state index in [4.69, 9.17) is 5.21 Å². The van der Waals surface area contributed by atoms with Gasteiger partial charge in [-0.1, -0.05) is 17.1 Å². The molecule has 0 aliphatic heterocycles. The number of aryl methyl sites for hydroxylation is 1. The van der Waals surface area contributed by atoms with Gasteiger partial charge in [-0.25, -0.2) is 4.98 Å². The normalized spacial score (nSPS) is 10.2. The molecule has 2 heterocycles. The van der Waals surface area contributed by atoms with Gasteiger partial charge in [0.05, 0.1) is 11.1 Å². The molecule has 0 amide bonds. The van der Waals surface area contributed by atoms with Gasteiger partial charge in [-0.15, -0.1) is 11.3 Å². The molecule has 1 N–H and O–H groups in total. The molecule has 0 aliphatic rings. The van der Waals surface area contributed by atoms with Crippen LogP contribution in [0.1, 0.15) is 21.9 Å². The maximum atomic E-state index is 8.38. The molecule has 2 rings (SSSR count). The number of thiazole rings is 1. The summed E-state index contributed by atoms with van der Waals surface area (Å²) in [6.45, 7) is 0. The molecule has 4 nitrogen and oxygen atoms in total. The van der Waals surface area contributed by atoms with Crippen molar-refractivity contribution in [1.82, 2.24) is 9.97 Å². The lowest BCUT2D eigenvalue weighted by atomic mass is 10.2. The van der Waals surface area contributed by atoms with Gasteiger partial charge in [-0.05, 0) is 24.0 Å². The molecule has 0 aromatic carbocycles. The smallest absolute Gasteiger partial charge is 0.167 e. The van der Waals surface area contributed by atoms with Crippen molar-refractivity contribution in [2.75, 3.05) is 0 Å². The van der Waals surface area contributed by atoms with E-state index in [0.29, 0.717) is 0 Å². The van der Waals surface area contributed by atoms with Crippen molar-refractivity contribution in [1.29, 1.82) is 0 Å². The third kappa shape index (κ3) is 3.68. The molecule has 18 heavy (non-hydrogen) atoms. The van der Waals surface area contributed by atoms with Gasteiger partial charge in [0.15, 0.2) is 5.01 Å². The fraction of sp³-hybridized carbons (Fsp3) is 0.154. The van der Waals surface area contributed by atoms with Crippen LogP contribution in [0.15, 0.2) is 35.9 Å². The highest BCUT2D eigenvalue weighted by atomic mass is 32.1. The number of nitrogens with zero attached hydrogens (tertiary/aromatic N) is 3. The Morgan fingerprint density at radius 1 is 1.44 bits per heavy atom. The number of hydrogen-bond donors (Lipinski definition) is 1. The predicted octanol–water partition coefficient (Wildman–Crippen LogP) is 2.33. The van der Waals surface area contributed by atoms with Crippen molar-refractivity contribution in [3.8, 4) is 11.8 Å². The van der Waals surface area contributed by atoms with E-state index in [9.17, 15) is 0 Å². The van der Waals surface area contributed by atoms with Gasteiger partial charge < -0.3 is 5.21 Å². The van der Waals surface area contributed by atoms with Crippen LogP contribution in [0, 0.1) is 11.8 Å². The van der Waals surface area contributed by atoms with Crippen molar-refractivity contribution in [3.63, 3.8) is 0 Å². The Balaban J connectivity index is 1.88. The molecule has 0 saturated heterocycles. The number of rotatable bonds is 3. The Morgan fingerprint density at radius 2 is 2.39 bits per heavy atom. The lowest BCUT2D eigenvalue weighted by molar-refractivity contribution is 0.322. The maximum Gasteiger partial charge on any atom is 0.167 e. The van der Waals surface area contributed by atoms with Crippen molar-refractivity contribution in [2.24, 2.45) is 5.16 Å². The van der Waals surface area contributed by atoms with E-state index < -0.39 is 0 Å². The lowest BCUT2D eigenvalue weighted by Gasteiger charge is -1.93. The number of pyridine rings is 1. The summed E-state index contributed by atoms with van der Waals surface area (Å²) in [5, 5.41) is 12.1. The fourth-order valence-electron chi connectivity index (χ4n) is 1.35. The molecule has 90 valence electrons. The summed E-state index contributed by atoms with van der Waals surface area (Å²) >= 11 is 1.40. The average molecular weight is 257 g/mol. The molecule has 0 aliphatic carbocycles. The van der Waals surface area contributed by atoms with Gasteiger partial charge in [-0.3, -0.25) is 4.98 Å². The largest absolute Gasteiger partial charge is 0.411 e. The number of oxime groups is 1. The van der Waals surface area contributed by atoms with Crippen LogP contribution in [0.5, 0.6) is 0 Å². The van der Waals surface area contributed by atoms with Crippen LogP contribution >= 0.6 is 11.3 Å². The third-order valence-corrected chi connectivity index (χ3v) is 3.01. The van der Waals surface area contributed by atoms with Gasteiger partial charge in [0, 0.05) is 25.0 Å². The summed E-state index contributed by atoms with van der Waals surface area (Å²) in [6, 6.07) is 3.96. The van der Waals surface area contributed by atoms with Crippen LogP contribution in [0.2, 0.25) is 0 Å². The Hall–Kier alpha value is -2.19. The Bertz CT molecular complexity index is 581. The van der Waals surface area contributed by atoms with Gasteiger partial charge in [0.1, 0.15) is 0 Å². The molecule has 0 fully saturated rings. The molecule has 0 radical (unpaired) electrons. The molecule has 2 aromatic heterocycles. The first-order chi connectivity index (χ1) is 8.88. The molecule has 0 atom stereocenters. The Labute approximate surface area is 109 Å². The van der Waals surface area contributed by atoms with Crippen LogP contribution in [0.3, 0.4) is 0 Å². The minimum atomic E-state index is 0.732. The summed E-state index contributed by atoms with van der Waals surface area (Å²) in [7, 11) is 0. The van der Waals surface area contributed by atoms with Crippen LogP contribution < -0.4 is 0 Å². The van der Waals surface area contributed by atoms with Crippen molar-refractivity contribution >= 4 is 17.6 Å². The van der Waals surface area contributed by atoms with Gasteiger partial charge in [0.2, 0.25) is 0 Å². The molecule has 5 heteroatoms. The minimum absolute atomic E-state index is 0.732. The first-order valence-electron chi connectivity index (χ1n) is 5.39. The second-order valence-electron chi connectivity index (χ2n) is 3.48. The quantitative estimate of drug-likeness (QED) is 0.397. The standard InChI is InChI=1S/C13H11N3OS/c17-16-10-12-9-15-13(18-12)6-2-1-4-11-5-3-7-14-8-11/h3,5,7-10,17H,1,4H2/b16-10-. The summed E-state index contributed by atoms with van der Waals surface area (Å²) in [5.74, 6) is 6.06. The average Bonchev–Trinajstić information content (AvgIpc) is 2.84. The van der Waals surface area contributed by atoms with Crippen LogP contribution in [0.4, 0.5) is 0 Å². The SMILES string of the molecule is O/N=C\c1cnc(C#CCCc2cccnc2)s1. The lowest BCUT2D eigenvalue weighted by Crippen LogP contribution is -1.83. The van der Waals surface area contributed by atoms with E-state index in [1.165, 1.54) is 23.1 Å². The highest BCUT2D eigenvalue weighted by molar-refractivity contribution is 7.13. The van der Waals surface area contributed by atoms with Crippen molar-refractivity contribution in [2.45, 2.75) is 12.8 Å². The summed E-state index contributed by atoms with van der Waals surface area (Å²) < 4.78 is 0. The maximum absolute atomic E-state index is 8.38. The monoisotopic (exact) mass is 257 g/mol. The zero-order valence-corrected chi connectivity index (χ0v) is 10.4.